The molecule has 0 fully saturated rings. The zero-order valence-electron chi connectivity index (χ0n) is 23.2. The van der Waals surface area contributed by atoms with Gasteiger partial charge in [-0.05, 0) is 71.4 Å². The number of fused-ring (bicyclic) bond motifs is 7. The van der Waals surface area contributed by atoms with Crippen LogP contribution in [-0.2, 0) is 5.66 Å². The Morgan fingerprint density at radius 1 is 0.523 bits per heavy atom. The molecular weight excluding hydrogens is 540 g/mol. The van der Waals surface area contributed by atoms with Gasteiger partial charge in [0, 0.05) is 33.0 Å². The number of aromatic nitrogens is 4. The van der Waals surface area contributed by atoms with Crippen molar-refractivity contribution in [3.8, 4) is 17.3 Å². The van der Waals surface area contributed by atoms with E-state index >= 15 is 0 Å². The van der Waals surface area contributed by atoms with E-state index in [2.05, 4.69) is 140 Å². The third-order valence-electron chi connectivity index (χ3n) is 10.8. The zero-order chi connectivity index (χ0) is 28.1. The van der Waals surface area contributed by atoms with Crippen molar-refractivity contribution in [3.05, 3.63) is 133 Å². The SMILES string of the molecule is c1cc[n+]2c(c1)-n1c3ccccc3c3ccc4c(c31)C21c2c(ccc3c5cccc6ccc7c8ccc[n+]1c8n(c23)c7c65)O4. The Hall–Kier alpha value is -5.94. The molecule has 0 radical (unpaired) electrons. The minimum Gasteiger partial charge on any atom is -0.456 e. The van der Waals surface area contributed by atoms with Gasteiger partial charge in [0.1, 0.15) is 33.7 Å². The minimum absolute atomic E-state index is 0.704. The quantitative estimate of drug-likeness (QED) is 0.106. The molecule has 3 aliphatic rings. The summed E-state index contributed by atoms with van der Waals surface area (Å²) >= 11 is 0. The lowest BCUT2D eigenvalue weighted by molar-refractivity contribution is -0.960. The standard InChI is InChI=1S/C39H20N4O/c1-2-11-28-22(8-1)24-15-17-29-33-36(24)42(28)31-12-3-4-19-40(31)39(33)34-30(44-29)18-16-25-23-9-5-7-21-13-14-26-27-10-6-20-41(39)38(27)43(37(25)34)35(26)32(21)23/h1-20H/q+2. The van der Waals surface area contributed by atoms with E-state index in [0.29, 0.717) is 0 Å². The molecule has 1 atom stereocenters. The molecule has 0 bridgehead atoms. The molecule has 5 heteroatoms. The van der Waals surface area contributed by atoms with E-state index in [9.17, 15) is 0 Å². The van der Waals surface area contributed by atoms with Crippen LogP contribution in [-0.4, -0.2) is 8.97 Å². The highest BCUT2D eigenvalue weighted by molar-refractivity contribution is 6.28. The summed E-state index contributed by atoms with van der Waals surface area (Å²) in [4.78, 5) is 0. The van der Waals surface area contributed by atoms with Gasteiger partial charge in [-0.25, -0.2) is 0 Å². The monoisotopic (exact) mass is 560 g/mol. The van der Waals surface area contributed by atoms with E-state index in [-0.39, 0.29) is 0 Å². The number of nitrogens with zero attached hydrogens (tertiary/aromatic N) is 4. The van der Waals surface area contributed by atoms with Crippen molar-refractivity contribution in [2.45, 2.75) is 5.66 Å². The molecule has 44 heavy (non-hydrogen) atoms. The van der Waals surface area contributed by atoms with Crippen LogP contribution in [0.3, 0.4) is 0 Å². The van der Waals surface area contributed by atoms with Crippen molar-refractivity contribution in [2.24, 2.45) is 0 Å². The summed E-state index contributed by atoms with van der Waals surface area (Å²) in [6.07, 6.45) is 4.56. The fraction of sp³-hybridized carbons (Fsp3) is 0.0256. The number of pyridine rings is 3. The highest BCUT2D eigenvalue weighted by Crippen LogP contribution is 2.56. The lowest BCUT2D eigenvalue weighted by Gasteiger charge is -2.40. The predicted octanol–water partition coefficient (Wildman–Crippen LogP) is 7.69. The Labute approximate surface area is 248 Å². The van der Waals surface area contributed by atoms with Crippen LogP contribution in [0.5, 0.6) is 11.5 Å². The Bertz CT molecular complexity index is 3040. The maximum Gasteiger partial charge on any atom is 0.321 e. The summed E-state index contributed by atoms with van der Waals surface area (Å²) < 4.78 is 17.0. The van der Waals surface area contributed by atoms with Gasteiger partial charge in [-0.2, -0.15) is 18.1 Å². The smallest absolute Gasteiger partial charge is 0.321 e. The van der Waals surface area contributed by atoms with Crippen LogP contribution >= 0.6 is 0 Å². The summed E-state index contributed by atoms with van der Waals surface area (Å²) in [5, 5.41) is 10.2. The second-order valence-electron chi connectivity index (χ2n) is 12.5. The third-order valence-corrected chi connectivity index (χ3v) is 10.8. The second kappa shape index (κ2) is 6.36. The zero-order valence-corrected chi connectivity index (χ0v) is 23.2. The normalized spacial score (nSPS) is 17.4. The van der Waals surface area contributed by atoms with E-state index in [1.54, 1.807) is 0 Å². The molecule has 1 unspecified atom stereocenters. The van der Waals surface area contributed by atoms with Gasteiger partial charge < -0.3 is 4.74 Å². The van der Waals surface area contributed by atoms with Crippen molar-refractivity contribution in [2.75, 3.05) is 0 Å². The molecule has 1 spiro atoms. The average Bonchev–Trinajstić information content (AvgIpc) is 3.61. The predicted molar refractivity (Wildman–Crippen MR) is 171 cm³/mol. The molecule has 5 nitrogen and oxygen atoms in total. The Morgan fingerprint density at radius 3 is 2.18 bits per heavy atom. The molecule has 5 aromatic carbocycles. The first-order valence-electron chi connectivity index (χ1n) is 15.2. The number of ether oxygens (including phenoxy) is 1. The van der Waals surface area contributed by atoms with Crippen molar-refractivity contribution in [1.29, 1.82) is 0 Å². The summed E-state index contributed by atoms with van der Waals surface area (Å²) in [5.74, 6) is 2.95. The maximum absolute atomic E-state index is 6.99. The van der Waals surface area contributed by atoms with E-state index in [0.717, 1.165) is 17.3 Å². The van der Waals surface area contributed by atoms with Gasteiger partial charge in [-0.3, -0.25) is 0 Å². The number of benzene rings is 5. The fourth-order valence-corrected chi connectivity index (χ4v) is 9.43. The van der Waals surface area contributed by atoms with Gasteiger partial charge in [0.25, 0.3) is 11.5 Å². The van der Waals surface area contributed by atoms with Crippen LogP contribution in [0.2, 0.25) is 0 Å². The van der Waals surface area contributed by atoms with E-state index < -0.39 is 5.66 Å². The van der Waals surface area contributed by atoms with E-state index in [4.69, 9.17) is 4.74 Å². The van der Waals surface area contributed by atoms with Gasteiger partial charge >= 0.3 is 5.66 Å². The van der Waals surface area contributed by atoms with Crippen molar-refractivity contribution >= 4 is 70.8 Å². The van der Waals surface area contributed by atoms with Crippen molar-refractivity contribution in [3.63, 3.8) is 0 Å². The van der Waals surface area contributed by atoms with E-state index in [1.165, 1.54) is 81.9 Å². The molecular formula is C39H20N4O+2. The Balaban J connectivity index is 1.42. The molecule has 13 rings (SSSR count). The van der Waals surface area contributed by atoms with Crippen LogP contribution in [0.15, 0.2) is 122 Å². The number of hydrogen-bond donors (Lipinski definition) is 0. The van der Waals surface area contributed by atoms with Gasteiger partial charge in [0.15, 0.2) is 11.0 Å². The Morgan fingerprint density at radius 2 is 1.25 bits per heavy atom. The molecule has 0 saturated carbocycles. The van der Waals surface area contributed by atoms with Gasteiger partial charge in [0.05, 0.1) is 17.8 Å². The lowest BCUT2D eigenvalue weighted by atomic mass is 9.81. The molecule has 0 aliphatic carbocycles. The molecule has 0 N–H and O–H groups in total. The summed E-state index contributed by atoms with van der Waals surface area (Å²) in [5.41, 5.74) is 7.83. The molecule has 0 amide bonds. The van der Waals surface area contributed by atoms with Crippen molar-refractivity contribution < 1.29 is 13.9 Å². The average molecular weight is 561 g/mol. The molecule has 3 aliphatic heterocycles. The number of hydrogen-bond acceptors (Lipinski definition) is 1. The van der Waals surface area contributed by atoms with Crippen LogP contribution in [0.4, 0.5) is 0 Å². The fourth-order valence-electron chi connectivity index (χ4n) is 9.43. The summed E-state index contributed by atoms with van der Waals surface area (Å²) in [6, 6.07) is 40.2. The van der Waals surface area contributed by atoms with Gasteiger partial charge in [-0.15, -0.1) is 0 Å². The molecule has 5 aromatic heterocycles. The van der Waals surface area contributed by atoms with Crippen LogP contribution < -0.4 is 13.9 Å². The topological polar surface area (TPSA) is 26.3 Å². The lowest BCUT2D eigenvalue weighted by Crippen LogP contribution is -2.78. The second-order valence-corrected chi connectivity index (χ2v) is 12.5. The molecule has 200 valence electrons. The maximum atomic E-state index is 6.99. The first-order valence-corrected chi connectivity index (χ1v) is 15.2. The number of para-hydroxylation sites is 1. The first kappa shape index (κ1) is 20.9. The minimum atomic E-state index is -0.704. The first-order chi connectivity index (χ1) is 21.9. The highest BCUT2D eigenvalue weighted by atomic mass is 16.5. The highest BCUT2D eigenvalue weighted by Gasteiger charge is 2.63. The van der Waals surface area contributed by atoms with Crippen molar-refractivity contribution in [1.82, 2.24) is 8.97 Å². The van der Waals surface area contributed by atoms with E-state index in [1.807, 2.05) is 0 Å². The molecule has 10 aromatic rings. The summed E-state index contributed by atoms with van der Waals surface area (Å²) in [7, 11) is 0. The summed E-state index contributed by atoms with van der Waals surface area (Å²) in [6.45, 7) is 0. The van der Waals surface area contributed by atoms with Crippen LogP contribution in [0.25, 0.3) is 76.6 Å². The molecule has 8 heterocycles. The third kappa shape index (κ3) is 1.84. The van der Waals surface area contributed by atoms with Crippen LogP contribution in [0, 0.1) is 0 Å². The van der Waals surface area contributed by atoms with Gasteiger partial charge in [0.2, 0.25) is 0 Å². The van der Waals surface area contributed by atoms with Crippen LogP contribution in [0.1, 0.15) is 11.1 Å². The Kier molecular flexibility index (Phi) is 3.01. The molecule has 0 saturated heterocycles. The van der Waals surface area contributed by atoms with Gasteiger partial charge in [-0.1, -0.05) is 42.5 Å². The number of rotatable bonds is 0. The largest absolute Gasteiger partial charge is 0.456 e.